The summed E-state index contributed by atoms with van der Waals surface area (Å²) in [6.45, 7) is 3.59. The number of nitrogens with one attached hydrogen (secondary N) is 1. The van der Waals surface area contributed by atoms with Crippen LogP contribution in [0.2, 0.25) is 5.02 Å². The van der Waals surface area contributed by atoms with E-state index in [4.69, 9.17) is 18.0 Å². The second-order valence-electron chi connectivity index (χ2n) is 6.85. The van der Waals surface area contributed by atoms with Crippen LogP contribution in [0.1, 0.15) is 16.8 Å². The van der Waals surface area contributed by atoms with Crippen LogP contribution < -0.4 is 4.72 Å². The summed E-state index contributed by atoms with van der Waals surface area (Å²) in [5.41, 5.74) is 0.756. The monoisotopic (exact) mass is 449 g/mol. The summed E-state index contributed by atoms with van der Waals surface area (Å²) in [6, 6.07) is 9.33. The van der Waals surface area contributed by atoms with Gasteiger partial charge in [0.25, 0.3) is 15.9 Å². The molecule has 1 N–H and O–H groups in total. The molecule has 3 rings (SSSR count). The van der Waals surface area contributed by atoms with Crippen molar-refractivity contribution >= 4 is 33.2 Å². The molecular formula is C21H21ClFN3O3S. The van der Waals surface area contributed by atoms with Crippen molar-refractivity contribution < 1.29 is 17.6 Å². The predicted octanol–water partition coefficient (Wildman–Crippen LogP) is 3.06. The quantitative estimate of drug-likeness (QED) is 0.688. The first-order valence-corrected chi connectivity index (χ1v) is 11.2. The van der Waals surface area contributed by atoms with Crippen molar-refractivity contribution in [1.82, 2.24) is 9.80 Å². The summed E-state index contributed by atoms with van der Waals surface area (Å²) in [5, 5.41) is -0.279. The van der Waals surface area contributed by atoms with Gasteiger partial charge in [-0.3, -0.25) is 14.4 Å². The fourth-order valence-electron chi connectivity index (χ4n) is 3.12. The standard InChI is InChI=1S/C21H21ClFN3O3S/c1-2-3-10-25-11-13-26(14-12-25)21(27)16-4-6-17(7-5-16)24-30(28,29)18-8-9-20(23)19(22)15-18/h1,4-9,15,24H,3,10-14H2. The highest BCUT2D eigenvalue weighted by atomic mass is 35.5. The van der Waals surface area contributed by atoms with Crippen molar-refractivity contribution in [2.24, 2.45) is 0 Å². The molecule has 0 unspecified atom stereocenters. The lowest BCUT2D eigenvalue weighted by atomic mass is 10.1. The average Bonchev–Trinajstić information content (AvgIpc) is 2.74. The molecule has 1 amide bonds. The SMILES string of the molecule is C#CCCN1CCN(C(=O)c2ccc(NS(=O)(=O)c3ccc(F)c(Cl)c3)cc2)CC1. The molecule has 0 aromatic heterocycles. The number of piperazine rings is 1. The minimum Gasteiger partial charge on any atom is -0.336 e. The summed E-state index contributed by atoms with van der Waals surface area (Å²) >= 11 is 5.67. The molecule has 1 aliphatic rings. The molecule has 0 spiro atoms. The average molecular weight is 450 g/mol. The van der Waals surface area contributed by atoms with Gasteiger partial charge >= 0.3 is 0 Å². The number of anilines is 1. The van der Waals surface area contributed by atoms with Gasteiger partial charge < -0.3 is 4.90 Å². The predicted molar refractivity (Wildman–Crippen MR) is 114 cm³/mol. The zero-order valence-electron chi connectivity index (χ0n) is 16.1. The normalized spacial score (nSPS) is 14.9. The number of terminal acetylenes is 1. The van der Waals surface area contributed by atoms with Crippen LogP contribution in [0.25, 0.3) is 0 Å². The Morgan fingerprint density at radius 1 is 1.13 bits per heavy atom. The molecule has 0 aliphatic carbocycles. The Bertz CT molecular complexity index is 1060. The second-order valence-corrected chi connectivity index (χ2v) is 8.94. The van der Waals surface area contributed by atoms with Gasteiger partial charge in [0.2, 0.25) is 0 Å². The van der Waals surface area contributed by atoms with Crippen LogP contribution in [-0.2, 0) is 10.0 Å². The van der Waals surface area contributed by atoms with E-state index in [9.17, 15) is 17.6 Å². The highest BCUT2D eigenvalue weighted by Gasteiger charge is 2.22. The number of hydrogen-bond donors (Lipinski definition) is 1. The van der Waals surface area contributed by atoms with Crippen molar-refractivity contribution in [1.29, 1.82) is 0 Å². The molecule has 0 atom stereocenters. The minimum absolute atomic E-state index is 0.105. The maximum absolute atomic E-state index is 13.3. The molecule has 1 fully saturated rings. The van der Waals surface area contributed by atoms with Crippen LogP contribution in [0, 0.1) is 18.2 Å². The Kier molecular flexibility index (Phi) is 6.98. The van der Waals surface area contributed by atoms with E-state index in [2.05, 4.69) is 15.5 Å². The summed E-state index contributed by atoms with van der Waals surface area (Å²) < 4.78 is 40.6. The molecule has 6 nitrogen and oxygen atoms in total. The molecular weight excluding hydrogens is 429 g/mol. The van der Waals surface area contributed by atoms with Crippen molar-refractivity contribution in [3.63, 3.8) is 0 Å². The second kappa shape index (κ2) is 9.47. The van der Waals surface area contributed by atoms with Gasteiger partial charge in [0.15, 0.2) is 0 Å². The number of halogens is 2. The third-order valence-electron chi connectivity index (χ3n) is 4.82. The van der Waals surface area contributed by atoms with Gasteiger partial charge in [0, 0.05) is 50.4 Å². The Labute approximate surface area is 180 Å². The molecule has 1 saturated heterocycles. The van der Waals surface area contributed by atoms with E-state index in [0.29, 0.717) is 25.1 Å². The van der Waals surface area contributed by atoms with Gasteiger partial charge in [-0.1, -0.05) is 11.6 Å². The maximum atomic E-state index is 13.3. The molecule has 1 heterocycles. The van der Waals surface area contributed by atoms with Crippen LogP contribution in [0.5, 0.6) is 0 Å². The van der Waals surface area contributed by atoms with Crippen LogP contribution in [-0.4, -0.2) is 56.8 Å². The van der Waals surface area contributed by atoms with Crippen LogP contribution >= 0.6 is 11.6 Å². The van der Waals surface area contributed by atoms with Gasteiger partial charge in [0.05, 0.1) is 9.92 Å². The molecule has 158 valence electrons. The summed E-state index contributed by atoms with van der Waals surface area (Å²) in [7, 11) is -3.94. The molecule has 2 aromatic carbocycles. The van der Waals surface area contributed by atoms with Crippen molar-refractivity contribution in [2.45, 2.75) is 11.3 Å². The lowest BCUT2D eigenvalue weighted by molar-refractivity contribution is 0.0640. The van der Waals surface area contributed by atoms with E-state index in [-0.39, 0.29) is 21.5 Å². The fraction of sp³-hybridized carbons (Fsp3) is 0.286. The lowest BCUT2D eigenvalue weighted by Gasteiger charge is -2.34. The zero-order valence-corrected chi connectivity index (χ0v) is 17.7. The topological polar surface area (TPSA) is 69.7 Å². The van der Waals surface area contributed by atoms with Crippen LogP contribution in [0.4, 0.5) is 10.1 Å². The third kappa shape index (κ3) is 5.30. The number of rotatable bonds is 6. The third-order valence-corrected chi connectivity index (χ3v) is 6.49. The molecule has 0 saturated carbocycles. The summed E-state index contributed by atoms with van der Waals surface area (Å²) in [5.74, 6) is 1.81. The van der Waals surface area contributed by atoms with Gasteiger partial charge in [-0.25, -0.2) is 12.8 Å². The lowest BCUT2D eigenvalue weighted by Crippen LogP contribution is -2.48. The van der Waals surface area contributed by atoms with Crippen LogP contribution in [0.3, 0.4) is 0 Å². The van der Waals surface area contributed by atoms with E-state index in [1.165, 1.54) is 12.1 Å². The van der Waals surface area contributed by atoms with E-state index >= 15 is 0 Å². The van der Waals surface area contributed by atoms with Crippen molar-refractivity contribution in [2.75, 3.05) is 37.4 Å². The molecule has 1 aliphatic heterocycles. The Hall–Kier alpha value is -2.60. The highest BCUT2D eigenvalue weighted by Crippen LogP contribution is 2.22. The Balaban J connectivity index is 1.63. The van der Waals surface area contributed by atoms with Crippen LogP contribution in [0.15, 0.2) is 47.4 Å². The Morgan fingerprint density at radius 2 is 1.80 bits per heavy atom. The first kappa shape index (κ1) is 22.1. The maximum Gasteiger partial charge on any atom is 0.261 e. The molecule has 30 heavy (non-hydrogen) atoms. The molecule has 2 aromatic rings. The molecule has 0 bridgehead atoms. The number of amides is 1. The van der Waals surface area contributed by atoms with Gasteiger partial charge in [-0.15, -0.1) is 12.3 Å². The van der Waals surface area contributed by atoms with Crippen molar-refractivity contribution in [3.05, 3.63) is 58.9 Å². The largest absolute Gasteiger partial charge is 0.336 e. The van der Waals surface area contributed by atoms with Gasteiger partial charge in [0.1, 0.15) is 5.82 Å². The number of carbonyl (C=O) groups excluding carboxylic acids is 1. The smallest absolute Gasteiger partial charge is 0.261 e. The number of sulfonamides is 1. The first-order chi connectivity index (χ1) is 14.3. The van der Waals surface area contributed by atoms with E-state index < -0.39 is 15.8 Å². The number of hydrogen-bond acceptors (Lipinski definition) is 4. The van der Waals surface area contributed by atoms with E-state index in [1.807, 2.05) is 0 Å². The Morgan fingerprint density at radius 3 is 2.40 bits per heavy atom. The van der Waals surface area contributed by atoms with Gasteiger partial charge in [-0.2, -0.15) is 0 Å². The molecule has 9 heteroatoms. The summed E-state index contributed by atoms with van der Waals surface area (Å²) in [6.07, 6.45) is 5.98. The number of nitrogens with zero attached hydrogens (tertiary/aromatic N) is 2. The van der Waals surface area contributed by atoms with E-state index in [0.717, 1.165) is 37.8 Å². The molecule has 0 radical (unpaired) electrons. The minimum atomic E-state index is -3.94. The fourth-order valence-corrected chi connectivity index (χ4v) is 4.45. The zero-order chi connectivity index (χ0) is 21.7. The van der Waals surface area contributed by atoms with Crippen molar-refractivity contribution in [3.8, 4) is 12.3 Å². The highest BCUT2D eigenvalue weighted by molar-refractivity contribution is 7.92. The number of benzene rings is 2. The van der Waals surface area contributed by atoms with E-state index in [1.54, 1.807) is 17.0 Å². The number of carbonyl (C=O) groups is 1. The first-order valence-electron chi connectivity index (χ1n) is 9.33. The van der Waals surface area contributed by atoms with Gasteiger partial charge in [-0.05, 0) is 42.5 Å². The summed E-state index contributed by atoms with van der Waals surface area (Å²) in [4.78, 5) is 16.5.